The molecule has 0 spiro atoms. The number of hydrogen-bond donors (Lipinski definition) is 1. The minimum atomic E-state index is 0.551. The van der Waals surface area contributed by atoms with Gasteiger partial charge in [0.15, 0.2) is 0 Å². The van der Waals surface area contributed by atoms with Gasteiger partial charge in [-0.15, -0.1) is 0 Å². The zero-order chi connectivity index (χ0) is 6.97. The van der Waals surface area contributed by atoms with Gasteiger partial charge in [0, 0.05) is 6.20 Å². The molecule has 10 heavy (non-hydrogen) atoms. The third kappa shape index (κ3) is 0.572. The molecular formula is C7H6N3. The maximum atomic E-state index is 5.52. The summed E-state index contributed by atoms with van der Waals surface area (Å²) in [7, 11) is 0. The van der Waals surface area contributed by atoms with Gasteiger partial charge in [-0.05, 0) is 12.1 Å². The third-order valence-electron chi connectivity index (χ3n) is 1.38. The van der Waals surface area contributed by atoms with Crippen LogP contribution >= 0.6 is 0 Å². The van der Waals surface area contributed by atoms with Crippen LogP contribution in [0.2, 0.25) is 0 Å². The van der Waals surface area contributed by atoms with Crippen LogP contribution in [0, 0.1) is 6.20 Å². The molecule has 1 radical (unpaired) electrons. The molecule has 0 unspecified atom stereocenters. The fourth-order valence-corrected chi connectivity index (χ4v) is 0.897. The fraction of sp³-hybridized carbons (Fsp3) is 0. The highest BCUT2D eigenvalue weighted by Crippen LogP contribution is 2.04. The quantitative estimate of drug-likeness (QED) is 0.573. The molecule has 0 atom stereocenters. The summed E-state index contributed by atoms with van der Waals surface area (Å²) < 4.78 is 1.78. The van der Waals surface area contributed by atoms with Crippen molar-refractivity contribution in [2.24, 2.45) is 0 Å². The van der Waals surface area contributed by atoms with Gasteiger partial charge in [-0.25, -0.2) is 4.98 Å². The lowest BCUT2D eigenvalue weighted by Gasteiger charge is -1.91. The summed E-state index contributed by atoms with van der Waals surface area (Å²) in [5.41, 5.74) is 6.35. The molecule has 0 aliphatic rings. The van der Waals surface area contributed by atoms with Gasteiger partial charge in [-0.3, -0.25) is 4.40 Å². The molecule has 3 heteroatoms. The molecule has 3 nitrogen and oxygen atoms in total. The number of rotatable bonds is 0. The van der Waals surface area contributed by atoms with Crippen LogP contribution in [0.5, 0.6) is 0 Å². The first-order chi connectivity index (χ1) is 4.88. The molecule has 0 aliphatic heterocycles. The van der Waals surface area contributed by atoms with E-state index in [-0.39, 0.29) is 0 Å². The van der Waals surface area contributed by atoms with Crippen molar-refractivity contribution in [1.82, 2.24) is 9.38 Å². The van der Waals surface area contributed by atoms with Gasteiger partial charge in [0.1, 0.15) is 17.7 Å². The number of hydrogen-bond acceptors (Lipinski definition) is 2. The van der Waals surface area contributed by atoms with Gasteiger partial charge in [-0.2, -0.15) is 0 Å². The maximum Gasteiger partial charge on any atom is 0.139 e. The largest absolute Gasteiger partial charge is 0.383 e. The van der Waals surface area contributed by atoms with Crippen molar-refractivity contribution in [2.45, 2.75) is 0 Å². The average molecular weight is 132 g/mol. The predicted octanol–water partition coefficient (Wildman–Crippen LogP) is 0.717. The van der Waals surface area contributed by atoms with E-state index in [1.165, 1.54) is 0 Å². The number of nitrogens with zero attached hydrogens (tertiary/aromatic N) is 2. The third-order valence-corrected chi connectivity index (χ3v) is 1.38. The highest BCUT2D eigenvalue weighted by Gasteiger charge is 1.94. The monoisotopic (exact) mass is 132 g/mol. The van der Waals surface area contributed by atoms with Crippen molar-refractivity contribution in [3.05, 3.63) is 30.6 Å². The van der Waals surface area contributed by atoms with Gasteiger partial charge < -0.3 is 5.73 Å². The summed E-state index contributed by atoms with van der Waals surface area (Å²) in [4.78, 5) is 3.93. The molecule has 2 rings (SSSR count). The molecule has 0 amide bonds. The van der Waals surface area contributed by atoms with Crippen LogP contribution in [-0.4, -0.2) is 9.38 Å². The molecule has 0 saturated heterocycles. The Balaban J connectivity index is 2.93. The lowest BCUT2D eigenvalue weighted by molar-refractivity contribution is 1.20. The summed E-state index contributed by atoms with van der Waals surface area (Å²) in [6, 6.07) is 5.70. The number of fused-ring (bicyclic) bond motifs is 1. The number of nitrogens with two attached hydrogens (primary N) is 1. The normalized spacial score (nSPS) is 10.4. The van der Waals surface area contributed by atoms with E-state index in [2.05, 4.69) is 11.2 Å². The van der Waals surface area contributed by atoms with Crippen LogP contribution in [0.4, 0.5) is 5.82 Å². The molecule has 0 saturated carbocycles. The van der Waals surface area contributed by atoms with E-state index in [0.29, 0.717) is 5.82 Å². The van der Waals surface area contributed by atoms with E-state index >= 15 is 0 Å². The molecule has 49 valence electrons. The standard InChI is InChI=1S/C7H6N3/c8-6-5-9-7-3-1-2-4-10(6)7/h1-4H,8H2. The summed E-state index contributed by atoms with van der Waals surface area (Å²) >= 11 is 0. The van der Waals surface area contributed by atoms with Crippen LogP contribution < -0.4 is 5.73 Å². The molecule has 0 bridgehead atoms. The topological polar surface area (TPSA) is 43.3 Å². The smallest absolute Gasteiger partial charge is 0.139 e. The Morgan fingerprint density at radius 2 is 2.40 bits per heavy atom. The second-order valence-electron chi connectivity index (χ2n) is 2.04. The van der Waals surface area contributed by atoms with Gasteiger partial charge in [0.2, 0.25) is 0 Å². The van der Waals surface area contributed by atoms with Crippen LogP contribution in [0.25, 0.3) is 5.65 Å². The van der Waals surface area contributed by atoms with Crippen molar-refractivity contribution in [1.29, 1.82) is 0 Å². The second kappa shape index (κ2) is 1.73. The van der Waals surface area contributed by atoms with Crippen LogP contribution in [0.3, 0.4) is 0 Å². The van der Waals surface area contributed by atoms with Crippen molar-refractivity contribution in [3.63, 3.8) is 0 Å². The van der Waals surface area contributed by atoms with E-state index in [4.69, 9.17) is 5.73 Å². The van der Waals surface area contributed by atoms with E-state index in [1.54, 1.807) is 4.40 Å². The Hall–Kier alpha value is -1.51. The summed E-state index contributed by atoms with van der Waals surface area (Å²) in [6.45, 7) is 0. The second-order valence-corrected chi connectivity index (χ2v) is 2.04. The molecule has 0 aliphatic carbocycles. The molecule has 2 heterocycles. The Labute approximate surface area is 58.1 Å². The lowest BCUT2D eigenvalue weighted by atomic mass is 10.5. The first kappa shape index (κ1) is 5.29. The first-order valence-electron chi connectivity index (χ1n) is 2.98. The maximum absolute atomic E-state index is 5.52. The van der Waals surface area contributed by atoms with Crippen molar-refractivity contribution >= 4 is 11.5 Å². The van der Waals surface area contributed by atoms with Crippen LogP contribution in [0.15, 0.2) is 24.4 Å². The number of imidazole rings is 1. The van der Waals surface area contributed by atoms with Gasteiger partial charge in [-0.1, -0.05) is 6.07 Å². The number of aromatic nitrogens is 2. The predicted molar refractivity (Wildman–Crippen MR) is 38.4 cm³/mol. The van der Waals surface area contributed by atoms with Gasteiger partial charge in [0.25, 0.3) is 0 Å². The van der Waals surface area contributed by atoms with E-state index < -0.39 is 0 Å². The van der Waals surface area contributed by atoms with Crippen LogP contribution in [0.1, 0.15) is 0 Å². The molecule has 2 aromatic rings. The van der Waals surface area contributed by atoms with E-state index in [9.17, 15) is 0 Å². The minimum absolute atomic E-state index is 0.551. The summed E-state index contributed by atoms with van der Waals surface area (Å²) in [5, 5.41) is 0. The average Bonchev–Trinajstić information content (AvgIpc) is 2.34. The highest BCUT2D eigenvalue weighted by molar-refractivity contribution is 5.46. The van der Waals surface area contributed by atoms with Crippen molar-refractivity contribution in [2.75, 3.05) is 5.73 Å². The molecule has 2 N–H and O–H groups in total. The SMILES string of the molecule is Nc1[c]nc2ccccn12. The molecule has 2 aromatic heterocycles. The number of anilines is 1. The van der Waals surface area contributed by atoms with Gasteiger partial charge >= 0.3 is 0 Å². The summed E-state index contributed by atoms with van der Waals surface area (Å²) in [6.07, 6.45) is 4.52. The van der Waals surface area contributed by atoms with Crippen molar-refractivity contribution < 1.29 is 0 Å². The number of pyridine rings is 1. The fourth-order valence-electron chi connectivity index (χ4n) is 0.897. The molecule has 0 aromatic carbocycles. The van der Waals surface area contributed by atoms with Crippen molar-refractivity contribution in [3.8, 4) is 0 Å². The minimum Gasteiger partial charge on any atom is -0.383 e. The van der Waals surface area contributed by atoms with E-state index in [0.717, 1.165) is 5.65 Å². The summed E-state index contributed by atoms with van der Waals surface area (Å²) in [5.74, 6) is 0.551. The Morgan fingerprint density at radius 3 is 3.20 bits per heavy atom. The Bertz CT molecular complexity index is 350. The molecule has 0 fully saturated rings. The Morgan fingerprint density at radius 1 is 1.50 bits per heavy atom. The first-order valence-corrected chi connectivity index (χ1v) is 2.98. The zero-order valence-corrected chi connectivity index (χ0v) is 5.28. The van der Waals surface area contributed by atoms with E-state index in [1.807, 2.05) is 24.4 Å². The lowest BCUT2D eigenvalue weighted by Crippen LogP contribution is -1.90. The Kier molecular flexibility index (Phi) is 0.917. The van der Waals surface area contributed by atoms with Gasteiger partial charge in [0.05, 0.1) is 0 Å². The number of nitrogen functional groups attached to an aromatic ring is 1. The molecular weight excluding hydrogens is 126 g/mol. The highest BCUT2D eigenvalue weighted by atomic mass is 15.1. The zero-order valence-electron chi connectivity index (χ0n) is 5.28. The van der Waals surface area contributed by atoms with Crippen LogP contribution in [-0.2, 0) is 0 Å².